The molecule has 0 amide bonds. The van der Waals surface area contributed by atoms with Crippen molar-refractivity contribution in [3.05, 3.63) is 89.6 Å². The smallest absolute Gasteiger partial charge is 0.338 e. The van der Waals surface area contributed by atoms with Gasteiger partial charge in [0.2, 0.25) is 0 Å². The van der Waals surface area contributed by atoms with Crippen molar-refractivity contribution in [2.24, 2.45) is 0 Å². The molecule has 6 heteroatoms. The third kappa shape index (κ3) is 4.78. The van der Waals surface area contributed by atoms with Crippen LogP contribution in [0.1, 0.15) is 24.1 Å². The van der Waals surface area contributed by atoms with Crippen LogP contribution in [0.25, 0.3) is 0 Å². The summed E-state index contributed by atoms with van der Waals surface area (Å²) in [5.41, 5.74) is 3.16. The molecule has 1 atom stereocenters. The maximum atomic E-state index is 12.5. The minimum Gasteiger partial charge on any atom is -0.489 e. The van der Waals surface area contributed by atoms with Crippen molar-refractivity contribution < 1.29 is 14.3 Å². The summed E-state index contributed by atoms with van der Waals surface area (Å²) in [6, 6.07) is 17.2. The normalized spacial score (nSPS) is 16.0. The van der Waals surface area contributed by atoms with Crippen LogP contribution in [0.15, 0.2) is 78.5 Å². The first kappa shape index (κ1) is 19.6. The Balaban J connectivity index is 1.76. The first-order chi connectivity index (χ1) is 13.6. The summed E-state index contributed by atoms with van der Waals surface area (Å²) in [5.74, 6) is 0.343. The fourth-order valence-corrected chi connectivity index (χ4v) is 3.20. The van der Waals surface area contributed by atoms with E-state index in [2.05, 4.69) is 17.2 Å². The van der Waals surface area contributed by atoms with Gasteiger partial charge in [-0.1, -0.05) is 55.1 Å². The van der Waals surface area contributed by atoms with E-state index in [-0.39, 0.29) is 6.61 Å². The van der Waals surface area contributed by atoms with Gasteiger partial charge in [0.05, 0.1) is 11.6 Å². The van der Waals surface area contributed by atoms with E-state index in [4.69, 9.17) is 21.7 Å². The summed E-state index contributed by atoms with van der Waals surface area (Å²) in [6.07, 6.45) is 1.54. The molecule has 1 aliphatic rings. The Labute approximate surface area is 170 Å². The number of carbonyl (C=O) groups is 1. The zero-order valence-electron chi connectivity index (χ0n) is 15.6. The predicted molar refractivity (Wildman–Crippen MR) is 113 cm³/mol. The number of ether oxygens (including phenoxy) is 2. The molecule has 0 aromatic heterocycles. The summed E-state index contributed by atoms with van der Waals surface area (Å²) >= 11 is 5.26. The third-order valence-electron chi connectivity index (χ3n) is 4.28. The minimum atomic E-state index is -0.408. The molecular weight excluding hydrogens is 372 g/mol. The van der Waals surface area contributed by atoms with Gasteiger partial charge in [-0.2, -0.15) is 0 Å². The average molecular weight is 394 g/mol. The zero-order chi connectivity index (χ0) is 19.9. The molecular formula is C22H22N2O3S. The lowest BCUT2D eigenvalue weighted by molar-refractivity contribution is -0.138. The molecule has 1 heterocycles. The van der Waals surface area contributed by atoms with E-state index in [9.17, 15) is 4.79 Å². The molecule has 1 aliphatic heterocycles. The van der Waals surface area contributed by atoms with Gasteiger partial charge >= 0.3 is 5.97 Å². The van der Waals surface area contributed by atoms with Gasteiger partial charge in [-0.3, -0.25) is 0 Å². The summed E-state index contributed by atoms with van der Waals surface area (Å²) in [6.45, 7) is 6.03. The second-order valence-electron chi connectivity index (χ2n) is 6.30. The molecule has 144 valence electrons. The van der Waals surface area contributed by atoms with Crippen LogP contribution in [0.3, 0.4) is 0 Å². The average Bonchev–Trinajstić information content (AvgIpc) is 2.71. The Kier molecular flexibility index (Phi) is 6.45. The number of benzene rings is 2. The molecule has 2 aromatic carbocycles. The molecule has 2 N–H and O–H groups in total. The number of thiocarbonyl (C=S) groups is 1. The Bertz CT molecular complexity index is 892. The number of hydrogen-bond acceptors (Lipinski definition) is 4. The molecule has 0 fully saturated rings. The highest BCUT2D eigenvalue weighted by Crippen LogP contribution is 2.29. The molecule has 2 aromatic rings. The van der Waals surface area contributed by atoms with E-state index >= 15 is 0 Å². The number of allylic oxidation sites excluding steroid dienone is 1. The molecule has 0 unspecified atom stereocenters. The highest BCUT2D eigenvalue weighted by Gasteiger charge is 2.30. The van der Waals surface area contributed by atoms with Gasteiger partial charge in [-0.25, -0.2) is 4.79 Å². The van der Waals surface area contributed by atoms with Crippen LogP contribution < -0.4 is 15.4 Å². The Morgan fingerprint density at radius 2 is 1.89 bits per heavy atom. The number of nitrogens with one attached hydrogen (secondary N) is 2. The van der Waals surface area contributed by atoms with E-state index in [0.717, 1.165) is 16.9 Å². The van der Waals surface area contributed by atoms with Gasteiger partial charge in [-0.15, -0.1) is 0 Å². The Morgan fingerprint density at radius 1 is 1.18 bits per heavy atom. The SMILES string of the molecule is C=CCOC(=O)C1=C(C)NC(=S)N[C@@H]1c1ccc(OCc2ccccc2)cc1. The van der Waals surface area contributed by atoms with Gasteiger partial charge in [0.25, 0.3) is 0 Å². The van der Waals surface area contributed by atoms with Crippen LogP contribution >= 0.6 is 12.2 Å². The van der Waals surface area contributed by atoms with Gasteiger partial charge in [0, 0.05) is 5.70 Å². The van der Waals surface area contributed by atoms with E-state index in [0.29, 0.717) is 23.0 Å². The van der Waals surface area contributed by atoms with Gasteiger partial charge in [0.15, 0.2) is 5.11 Å². The van der Waals surface area contributed by atoms with E-state index in [1.54, 1.807) is 0 Å². The van der Waals surface area contributed by atoms with Crippen molar-refractivity contribution in [2.75, 3.05) is 6.61 Å². The van der Waals surface area contributed by atoms with Gasteiger partial charge in [-0.05, 0) is 42.4 Å². The number of hydrogen-bond donors (Lipinski definition) is 2. The van der Waals surface area contributed by atoms with Crippen LogP contribution in [0, 0.1) is 0 Å². The molecule has 0 radical (unpaired) electrons. The molecule has 0 aliphatic carbocycles. The molecule has 0 saturated heterocycles. The van der Waals surface area contributed by atoms with E-state index in [1.165, 1.54) is 6.08 Å². The standard InChI is InChI=1S/C22H22N2O3S/c1-3-13-26-21(25)19-15(2)23-22(28)24-20(19)17-9-11-18(12-10-17)27-14-16-7-5-4-6-8-16/h3-12,20H,1,13-14H2,2H3,(H2,23,24,28)/t20-/m1/s1. The summed E-state index contributed by atoms with van der Waals surface area (Å²) in [5, 5.41) is 6.59. The molecule has 5 nitrogen and oxygen atoms in total. The minimum absolute atomic E-state index is 0.152. The van der Waals surface area contributed by atoms with Crippen molar-refractivity contribution in [1.82, 2.24) is 10.6 Å². The van der Waals surface area contributed by atoms with Gasteiger partial charge < -0.3 is 20.1 Å². The lowest BCUT2D eigenvalue weighted by atomic mass is 9.95. The second kappa shape index (κ2) is 9.19. The number of esters is 1. The van der Waals surface area contributed by atoms with Crippen LogP contribution in [-0.2, 0) is 16.1 Å². The van der Waals surface area contributed by atoms with Crippen molar-refractivity contribution in [2.45, 2.75) is 19.6 Å². The molecule has 3 rings (SSSR count). The largest absolute Gasteiger partial charge is 0.489 e. The van der Waals surface area contributed by atoms with Crippen LogP contribution in [-0.4, -0.2) is 17.7 Å². The number of rotatable bonds is 7. The molecule has 0 saturated carbocycles. The van der Waals surface area contributed by atoms with E-state index in [1.807, 2.05) is 61.5 Å². The van der Waals surface area contributed by atoms with Crippen molar-refractivity contribution >= 4 is 23.3 Å². The fourth-order valence-electron chi connectivity index (χ4n) is 2.92. The Morgan fingerprint density at radius 3 is 2.57 bits per heavy atom. The topological polar surface area (TPSA) is 59.6 Å². The maximum absolute atomic E-state index is 12.5. The highest BCUT2D eigenvalue weighted by molar-refractivity contribution is 7.80. The fraction of sp³-hybridized carbons (Fsp3) is 0.182. The Hall–Kier alpha value is -3.12. The maximum Gasteiger partial charge on any atom is 0.338 e. The lowest BCUT2D eigenvalue weighted by Crippen LogP contribution is -2.45. The van der Waals surface area contributed by atoms with Crippen LogP contribution in [0.2, 0.25) is 0 Å². The second-order valence-corrected chi connectivity index (χ2v) is 6.71. The summed E-state index contributed by atoms with van der Waals surface area (Å²) in [4.78, 5) is 12.5. The lowest BCUT2D eigenvalue weighted by Gasteiger charge is -2.29. The summed E-state index contributed by atoms with van der Waals surface area (Å²) in [7, 11) is 0. The van der Waals surface area contributed by atoms with Crippen molar-refractivity contribution in [3.8, 4) is 5.75 Å². The molecule has 0 spiro atoms. The van der Waals surface area contributed by atoms with Crippen LogP contribution in [0.4, 0.5) is 0 Å². The van der Waals surface area contributed by atoms with E-state index < -0.39 is 12.0 Å². The molecule has 0 bridgehead atoms. The van der Waals surface area contributed by atoms with Gasteiger partial charge in [0.1, 0.15) is 19.0 Å². The number of carbonyl (C=O) groups excluding carboxylic acids is 1. The monoisotopic (exact) mass is 394 g/mol. The molecule has 28 heavy (non-hydrogen) atoms. The zero-order valence-corrected chi connectivity index (χ0v) is 16.4. The first-order valence-electron chi connectivity index (χ1n) is 8.91. The van der Waals surface area contributed by atoms with Crippen molar-refractivity contribution in [1.29, 1.82) is 0 Å². The quantitative estimate of drug-likeness (QED) is 0.423. The summed E-state index contributed by atoms with van der Waals surface area (Å²) < 4.78 is 11.1. The van der Waals surface area contributed by atoms with Crippen LogP contribution in [0.5, 0.6) is 5.75 Å². The predicted octanol–water partition coefficient (Wildman–Crippen LogP) is 3.79. The first-order valence-corrected chi connectivity index (χ1v) is 9.32. The van der Waals surface area contributed by atoms with Crippen molar-refractivity contribution in [3.63, 3.8) is 0 Å². The highest BCUT2D eigenvalue weighted by atomic mass is 32.1. The third-order valence-corrected chi connectivity index (χ3v) is 4.50.